The lowest BCUT2D eigenvalue weighted by molar-refractivity contribution is 0.224. The van der Waals surface area contributed by atoms with Crippen LogP contribution in [-0.2, 0) is 12.8 Å². The van der Waals surface area contributed by atoms with E-state index >= 15 is 0 Å². The number of hydrogen-bond acceptors (Lipinski definition) is 3. The molecule has 0 aliphatic rings. The highest BCUT2D eigenvalue weighted by molar-refractivity contribution is 7.07. The molecular formula is C13H14ClNOS. The summed E-state index contributed by atoms with van der Waals surface area (Å²) in [4.78, 5) is 4.24. The van der Waals surface area contributed by atoms with E-state index in [1.54, 1.807) is 11.3 Å². The third kappa shape index (κ3) is 3.80. The van der Waals surface area contributed by atoms with E-state index < -0.39 is 0 Å². The molecule has 0 bridgehead atoms. The minimum atomic E-state index is 0.171. The predicted octanol–water partition coefficient (Wildman–Crippen LogP) is 3.19. The molecule has 2 aromatic rings. The first kappa shape index (κ1) is 12.6. The maximum atomic E-state index is 9.40. The minimum absolute atomic E-state index is 0.171. The molecule has 2 rings (SSSR count). The minimum Gasteiger partial charge on any atom is -0.396 e. The number of nitrogens with zero attached hydrogens (tertiary/aromatic N) is 1. The first-order chi connectivity index (χ1) is 8.28. The normalized spacial score (nSPS) is 12.6. The average molecular weight is 268 g/mol. The molecule has 0 aliphatic heterocycles. The van der Waals surface area contributed by atoms with Crippen LogP contribution < -0.4 is 0 Å². The third-order valence-electron chi connectivity index (χ3n) is 2.65. The monoisotopic (exact) mass is 267 g/mol. The van der Waals surface area contributed by atoms with Crippen LogP contribution in [0.5, 0.6) is 0 Å². The van der Waals surface area contributed by atoms with E-state index in [0.717, 1.165) is 29.1 Å². The van der Waals surface area contributed by atoms with Crippen LogP contribution in [0, 0.1) is 5.92 Å². The zero-order chi connectivity index (χ0) is 12.1. The van der Waals surface area contributed by atoms with Crippen LogP contribution in [0.4, 0.5) is 0 Å². The zero-order valence-electron chi connectivity index (χ0n) is 9.34. The molecule has 4 heteroatoms. The van der Waals surface area contributed by atoms with Gasteiger partial charge in [-0.25, -0.2) is 4.98 Å². The maximum Gasteiger partial charge on any atom is 0.0794 e. The van der Waals surface area contributed by atoms with Gasteiger partial charge in [-0.1, -0.05) is 23.7 Å². The molecule has 1 aromatic carbocycles. The summed E-state index contributed by atoms with van der Waals surface area (Å²) in [5.74, 6) is 0.204. The van der Waals surface area contributed by atoms with E-state index in [-0.39, 0.29) is 12.5 Å². The van der Waals surface area contributed by atoms with E-state index in [0.29, 0.717) is 0 Å². The molecule has 0 fully saturated rings. The molecule has 0 saturated carbocycles. The molecule has 1 unspecified atom stereocenters. The first-order valence-corrected chi connectivity index (χ1v) is 6.82. The number of rotatable bonds is 5. The summed E-state index contributed by atoms with van der Waals surface area (Å²) in [5, 5.41) is 12.2. The Morgan fingerprint density at radius 1 is 1.35 bits per heavy atom. The molecule has 1 heterocycles. The molecule has 17 heavy (non-hydrogen) atoms. The molecular weight excluding hydrogens is 254 g/mol. The predicted molar refractivity (Wildman–Crippen MR) is 71.5 cm³/mol. The van der Waals surface area contributed by atoms with Crippen molar-refractivity contribution in [3.8, 4) is 0 Å². The number of benzene rings is 1. The summed E-state index contributed by atoms with van der Waals surface area (Å²) in [5.41, 5.74) is 4.03. The van der Waals surface area contributed by atoms with Gasteiger partial charge in [-0.05, 0) is 36.5 Å². The molecule has 0 saturated heterocycles. The van der Waals surface area contributed by atoms with Crippen LogP contribution in [-0.4, -0.2) is 16.7 Å². The van der Waals surface area contributed by atoms with Gasteiger partial charge >= 0.3 is 0 Å². The van der Waals surface area contributed by atoms with Gasteiger partial charge in [-0.3, -0.25) is 0 Å². The number of aromatic nitrogens is 1. The van der Waals surface area contributed by atoms with Crippen molar-refractivity contribution < 1.29 is 5.11 Å². The summed E-state index contributed by atoms with van der Waals surface area (Å²) < 4.78 is 0. The van der Waals surface area contributed by atoms with Crippen molar-refractivity contribution in [3.05, 3.63) is 51.4 Å². The fraction of sp³-hybridized carbons (Fsp3) is 0.308. The van der Waals surface area contributed by atoms with Crippen LogP contribution in [0.2, 0.25) is 5.02 Å². The number of halogens is 1. The summed E-state index contributed by atoms with van der Waals surface area (Å²) in [6.45, 7) is 0.171. The van der Waals surface area contributed by atoms with Crippen LogP contribution in [0.25, 0.3) is 0 Å². The van der Waals surface area contributed by atoms with Crippen molar-refractivity contribution >= 4 is 22.9 Å². The van der Waals surface area contributed by atoms with E-state index in [1.807, 2.05) is 35.2 Å². The van der Waals surface area contributed by atoms with E-state index in [9.17, 15) is 5.11 Å². The van der Waals surface area contributed by atoms with Crippen LogP contribution in [0.1, 0.15) is 11.3 Å². The van der Waals surface area contributed by atoms with Crippen molar-refractivity contribution in [2.45, 2.75) is 12.8 Å². The van der Waals surface area contributed by atoms with Crippen molar-refractivity contribution in [2.75, 3.05) is 6.61 Å². The Bertz CT molecular complexity index is 458. The van der Waals surface area contributed by atoms with Gasteiger partial charge in [0.2, 0.25) is 0 Å². The van der Waals surface area contributed by atoms with E-state index in [4.69, 9.17) is 11.6 Å². The fourth-order valence-corrected chi connectivity index (χ4v) is 2.62. The highest BCUT2D eigenvalue weighted by Crippen LogP contribution is 2.17. The van der Waals surface area contributed by atoms with Gasteiger partial charge in [0, 0.05) is 17.0 Å². The third-order valence-corrected chi connectivity index (χ3v) is 3.52. The standard InChI is InChI=1S/C13H14ClNOS/c14-12-3-1-2-10(5-12)4-11(7-16)6-13-8-17-9-15-13/h1-3,5,8-9,11,16H,4,6-7H2. The van der Waals surface area contributed by atoms with Crippen LogP contribution in [0.3, 0.4) is 0 Å². The van der Waals surface area contributed by atoms with Gasteiger partial charge < -0.3 is 5.11 Å². The zero-order valence-corrected chi connectivity index (χ0v) is 10.9. The number of aliphatic hydroxyl groups excluding tert-OH is 1. The van der Waals surface area contributed by atoms with Gasteiger partial charge in [0.1, 0.15) is 0 Å². The molecule has 0 radical (unpaired) electrons. The highest BCUT2D eigenvalue weighted by Gasteiger charge is 2.11. The molecule has 0 aliphatic carbocycles. The molecule has 1 aromatic heterocycles. The van der Waals surface area contributed by atoms with Crippen molar-refractivity contribution in [1.82, 2.24) is 4.98 Å². The number of aliphatic hydroxyl groups is 1. The second kappa shape index (κ2) is 6.15. The second-order valence-electron chi connectivity index (χ2n) is 4.07. The number of thiazole rings is 1. The lowest BCUT2D eigenvalue weighted by Crippen LogP contribution is -2.13. The molecule has 0 spiro atoms. The van der Waals surface area contributed by atoms with Gasteiger partial charge in [0.05, 0.1) is 11.2 Å². The Labute approximate surface area is 110 Å². The Morgan fingerprint density at radius 3 is 2.88 bits per heavy atom. The smallest absolute Gasteiger partial charge is 0.0794 e. The Hall–Kier alpha value is -0.900. The van der Waals surface area contributed by atoms with E-state index in [2.05, 4.69) is 4.98 Å². The summed E-state index contributed by atoms with van der Waals surface area (Å²) >= 11 is 7.53. The van der Waals surface area contributed by atoms with Gasteiger partial charge in [-0.2, -0.15) is 0 Å². The SMILES string of the molecule is OCC(Cc1cccc(Cl)c1)Cc1cscn1. The fourth-order valence-electron chi connectivity index (χ4n) is 1.83. The van der Waals surface area contributed by atoms with Gasteiger partial charge in [0.25, 0.3) is 0 Å². The Balaban J connectivity index is 2.00. The molecule has 90 valence electrons. The maximum absolute atomic E-state index is 9.40. The first-order valence-electron chi connectivity index (χ1n) is 5.50. The summed E-state index contributed by atoms with van der Waals surface area (Å²) in [6.07, 6.45) is 1.64. The van der Waals surface area contributed by atoms with Crippen molar-refractivity contribution in [1.29, 1.82) is 0 Å². The van der Waals surface area contributed by atoms with E-state index in [1.165, 1.54) is 0 Å². The Morgan fingerprint density at radius 2 is 2.24 bits per heavy atom. The lowest BCUT2D eigenvalue weighted by atomic mass is 9.96. The topological polar surface area (TPSA) is 33.1 Å². The summed E-state index contributed by atoms with van der Waals surface area (Å²) in [7, 11) is 0. The molecule has 1 N–H and O–H groups in total. The quantitative estimate of drug-likeness (QED) is 0.903. The average Bonchev–Trinajstić information content (AvgIpc) is 2.81. The van der Waals surface area contributed by atoms with Crippen LogP contribution >= 0.6 is 22.9 Å². The van der Waals surface area contributed by atoms with Gasteiger partial charge in [-0.15, -0.1) is 11.3 Å². The largest absolute Gasteiger partial charge is 0.396 e. The van der Waals surface area contributed by atoms with Crippen LogP contribution in [0.15, 0.2) is 35.2 Å². The Kier molecular flexibility index (Phi) is 4.54. The second-order valence-corrected chi connectivity index (χ2v) is 5.22. The summed E-state index contributed by atoms with van der Waals surface area (Å²) in [6, 6.07) is 7.79. The highest BCUT2D eigenvalue weighted by atomic mass is 35.5. The van der Waals surface area contributed by atoms with Crippen molar-refractivity contribution in [3.63, 3.8) is 0 Å². The molecule has 2 nitrogen and oxygen atoms in total. The molecule has 0 amide bonds. The van der Waals surface area contributed by atoms with Gasteiger partial charge in [0.15, 0.2) is 0 Å². The lowest BCUT2D eigenvalue weighted by Gasteiger charge is -2.12. The number of hydrogen-bond donors (Lipinski definition) is 1. The van der Waals surface area contributed by atoms with Crippen molar-refractivity contribution in [2.24, 2.45) is 5.92 Å². The molecule has 1 atom stereocenters.